The number of piperazine rings is 1. The zero-order valence-electron chi connectivity index (χ0n) is 11.8. The van der Waals surface area contributed by atoms with Gasteiger partial charge >= 0.3 is 30.1 Å². The number of nitrogens with zero attached hydrogens (tertiary/aromatic N) is 2. The predicted molar refractivity (Wildman–Crippen MR) is 70.0 cm³/mol. The third kappa shape index (κ3) is 3.79. The topological polar surface area (TPSA) is 121 Å². The Morgan fingerprint density at radius 1 is 0.792 bits per heavy atom. The van der Waals surface area contributed by atoms with Crippen molar-refractivity contribution in [3.8, 4) is 0 Å². The second kappa shape index (κ2) is 6.27. The van der Waals surface area contributed by atoms with E-state index in [9.17, 15) is 47.2 Å². The van der Waals surface area contributed by atoms with E-state index in [1.54, 1.807) is 0 Å². The van der Waals surface area contributed by atoms with Crippen molar-refractivity contribution in [3.63, 3.8) is 0 Å². The minimum absolute atomic E-state index is 0.0381. The Bertz CT molecular complexity index is 782. The second-order valence-electron chi connectivity index (χ2n) is 4.71. The highest BCUT2D eigenvalue weighted by Gasteiger charge is 2.63. The second-order valence-corrected chi connectivity index (χ2v) is 10.6. The summed E-state index contributed by atoms with van der Waals surface area (Å²) in [5.74, 6) is 0. The summed E-state index contributed by atoms with van der Waals surface area (Å²) in [6, 6.07) is 0. The summed E-state index contributed by atoms with van der Waals surface area (Å²) in [4.78, 5) is 1.53. The molecule has 1 aliphatic heterocycles. The number of hydrogen-bond acceptors (Lipinski definition) is 7. The fraction of sp³-hybridized carbons (Fsp3) is 1.00. The van der Waals surface area contributed by atoms with Crippen LogP contribution in [-0.2, 0) is 30.1 Å². The molecule has 1 fully saturated rings. The molecule has 0 atom stereocenters. The highest BCUT2D eigenvalue weighted by Crippen LogP contribution is 2.33. The van der Waals surface area contributed by atoms with Gasteiger partial charge in [-0.25, -0.2) is 25.3 Å². The van der Waals surface area contributed by atoms with Crippen LogP contribution >= 0.6 is 0 Å². The molecule has 0 aliphatic carbocycles. The zero-order chi connectivity index (χ0) is 19.2. The van der Waals surface area contributed by atoms with Gasteiger partial charge in [-0.15, -0.1) is 0 Å². The van der Waals surface area contributed by atoms with Crippen LogP contribution in [0.5, 0.6) is 0 Å². The molecule has 1 rings (SSSR count). The number of hydrogen-bond donors (Lipinski definition) is 1. The van der Waals surface area contributed by atoms with Crippen molar-refractivity contribution < 1.29 is 47.2 Å². The first-order chi connectivity index (χ1) is 10.5. The minimum Gasteiger partial charge on any atom is -0.304 e. The number of halogens is 5. The molecule has 9 nitrogen and oxygen atoms in total. The van der Waals surface area contributed by atoms with Gasteiger partial charge in [0.2, 0.25) is 0 Å². The van der Waals surface area contributed by atoms with Crippen LogP contribution in [0.25, 0.3) is 0 Å². The van der Waals surface area contributed by atoms with Gasteiger partial charge in [0, 0.05) is 26.2 Å². The molecule has 1 aliphatic rings. The van der Waals surface area contributed by atoms with Crippen LogP contribution in [0.4, 0.5) is 22.0 Å². The normalized spacial score (nSPS) is 20.2. The smallest absolute Gasteiger partial charge is 0.304 e. The van der Waals surface area contributed by atoms with Crippen LogP contribution in [0.3, 0.4) is 0 Å². The summed E-state index contributed by atoms with van der Waals surface area (Å²) in [5, 5.41) is 0. The maximum Gasteiger partial charge on any atom is 0.512 e. The molecule has 0 aromatic heterocycles. The van der Waals surface area contributed by atoms with Crippen LogP contribution < -0.4 is 4.13 Å². The lowest BCUT2D eigenvalue weighted by Gasteiger charge is -2.33. The molecule has 1 N–H and O–H groups in total. The van der Waals surface area contributed by atoms with Crippen LogP contribution in [-0.4, -0.2) is 77.8 Å². The van der Waals surface area contributed by atoms with E-state index in [1.165, 1.54) is 11.9 Å². The molecule has 24 heavy (non-hydrogen) atoms. The Balaban J connectivity index is 3.22. The van der Waals surface area contributed by atoms with Gasteiger partial charge in [0.1, 0.15) is 0 Å². The van der Waals surface area contributed by atoms with Crippen molar-refractivity contribution in [1.29, 1.82) is 0 Å². The number of alkyl halides is 5. The third-order valence-corrected chi connectivity index (χ3v) is 8.87. The van der Waals surface area contributed by atoms with E-state index in [4.69, 9.17) is 0 Å². The molecule has 0 bridgehead atoms. The van der Waals surface area contributed by atoms with Crippen molar-refractivity contribution in [2.24, 2.45) is 0 Å². The van der Waals surface area contributed by atoms with Gasteiger partial charge in [0.15, 0.2) is 0 Å². The van der Waals surface area contributed by atoms with E-state index in [0.717, 1.165) is 0 Å². The van der Waals surface area contributed by atoms with Crippen molar-refractivity contribution in [1.82, 2.24) is 13.3 Å². The Hall–Kier alpha value is -0.620. The van der Waals surface area contributed by atoms with Gasteiger partial charge < -0.3 is 4.90 Å². The molecule has 0 amide bonds. The Kier molecular flexibility index (Phi) is 5.60. The molecule has 17 heteroatoms. The molecule has 0 radical (unpaired) electrons. The predicted octanol–water partition coefficient (Wildman–Crippen LogP) is -1.12. The number of sulfonamides is 3. The summed E-state index contributed by atoms with van der Waals surface area (Å²) < 4.78 is 126. The van der Waals surface area contributed by atoms with Gasteiger partial charge in [-0.05, 0) is 7.05 Å². The fourth-order valence-corrected chi connectivity index (χ4v) is 6.16. The quantitative estimate of drug-likeness (QED) is 0.554. The van der Waals surface area contributed by atoms with Crippen LogP contribution in [0.15, 0.2) is 0 Å². The first-order valence-electron chi connectivity index (χ1n) is 5.86. The maximum absolute atomic E-state index is 13.9. The van der Waals surface area contributed by atoms with Crippen molar-refractivity contribution in [2.75, 3.05) is 33.2 Å². The van der Waals surface area contributed by atoms with Gasteiger partial charge in [-0.1, -0.05) is 4.13 Å². The summed E-state index contributed by atoms with van der Waals surface area (Å²) >= 11 is 0. The molecule has 144 valence electrons. The third-order valence-electron chi connectivity index (χ3n) is 2.94. The average Bonchev–Trinajstić information content (AvgIpc) is 2.36. The molecule has 0 aromatic rings. The molecule has 0 saturated carbocycles. The van der Waals surface area contributed by atoms with Crippen LogP contribution in [0.2, 0.25) is 0 Å². The number of nitrogens with one attached hydrogen (secondary N) is 1. The van der Waals surface area contributed by atoms with E-state index in [0.29, 0.717) is 0 Å². The first-order valence-corrected chi connectivity index (χ1v) is 10.3. The van der Waals surface area contributed by atoms with E-state index in [-0.39, 0.29) is 21.5 Å². The summed E-state index contributed by atoms with van der Waals surface area (Å²) in [6.45, 7) is -1.17. The summed E-state index contributed by atoms with van der Waals surface area (Å²) in [5.41, 5.74) is -6.23. The Morgan fingerprint density at radius 2 is 1.21 bits per heavy atom. The van der Waals surface area contributed by atoms with Crippen molar-refractivity contribution in [2.45, 2.75) is 10.1 Å². The van der Waals surface area contributed by atoms with Crippen molar-refractivity contribution >= 4 is 30.1 Å². The van der Waals surface area contributed by atoms with Gasteiger partial charge in [0.05, 0.1) is 0 Å². The molecule has 1 saturated heterocycles. The standard InChI is InChI=1S/C7H12F5N3O6S3/c1-14-2-4-15(5-3-14)24(20,21)7(11,12)23(18,19)13-22(16,17)6(8,9)10/h13H,2-5H2,1H3. The highest BCUT2D eigenvalue weighted by molar-refractivity contribution is 8.13. The summed E-state index contributed by atoms with van der Waals surface area (Å²) in [7, 11) is -17.9. The molecule has 0 unspecified atom stereocenters. The summed E-state index contributed by atoms with van der Waals surface area (Å²) in [6.07, 6.45) is 0. The molecular formula is C7H12F5N3O6S3. The molecule has 0 spiro atoms. The number of rotatable bonds is 5. The average molecular weight is 425 g/mol. The van der Waals surface area contributed by atoms with Gasteiger partial charge in [-0.3, -0.25) is 0 Å². The monoisotopic (exact) mass is 425 g/mol. The number of likely N-dealkylation sites (N-methyl/N-ethyl adjacent to an activating group) is 1. The van der Waals surface area contributed by atoms with Gasteiger partial charge in [0.25, 0.3) is 10.0 Å². The first kappa shape index (κ1) is 21.4. The Labute approximate surface area is 134 Å². The van der Waals surface area contributed by atoms with Crippen LogP contribution in [0, 0.1) is 0 Å². The fourth-order valence-electron chi connectivity index (χ4n) is 1.56. The minimum atomic E-state index is -6.76. The highest BCUT2D eigenvalue weighted by atomic mass is 32.3. The largest absolute Gasteiger partial charge is 0.512 e. The molecular weight excluding hydrogens is 413 g/mol. The molecule has 1 heterocycles. The van der Waals surface area contributed by atoms with E-state index in [1.807, 2.05) is 0 Å². The zero-order valence-corrected chi connectivity index (χ0v) is 14.2. The Morgan fingerprint density at radius 3 is 1.58 bits per heavy atom. The SMILES string of the molecule is CN1CCN(S(=O)(=O)C(F)(F)S(=O)(=O)NS(=O)(=O)C(F)(F)F)CC1. The van der Waals surface area contributed by atoms with Crippen LogP contribution in [0.1, 0.15) is 0 Å². The lowest BCUT2D eigenvalue weighted by atomic mass is 10.4. The lowest BCUT2D eigenvalue weighted by molar-refractivity contribution is -0.0441. The molecule has 0 aromatic carbocycles. The maximum atomic E-state index is 13.9. The van der Waals surface area contributed by atoms with E-state index in [2.05, 4.69) is 0 Å². The van der Waals surface area contributed by atoms with Gasteiger partial charge in [-0.2, -0.15) is 26.3 Å². The lowest BCUT2D eigenvalue weighted by Crippen LogP contribution is -2.57. The van der Waals surface area contributed by atoms with E-state index >= 15 is 0 Å². The van der Waals surface area contributed by atoms with Crippen molar-refractivity contribution in [3.05, 3.63) is 0 Å². The van der Waals surface area contributed by atoms with E-state index < -0.39 is 53.3 Å².